The summed E-state index contributed by atoms with van der Waals surface area (Å²) >= 11 is 3.38. The van der Waals surface area contributed by atoms with Crippen molar-refractivity contribution < 1.29 is 4.79 Å². The van der Waals surface area contributed by atoms with Crippen LogP contribution in [0.15, 0.2) is 36.4 Å². The average molecular weight is 276 g/mol. The van der Waals surface area contributed by atoms with Crippen molar-refractivity contribution >= 4 is 28.9 Å². The molecule has 1 aromatic heterocycles. The van der Waals surface area contributed by atoms with E-state index in [0.717, 1.165) is 16.2 Å². The molecule has 2 rings (SSSR count). The van der Waals surface area contributed by atoms with Crippen LogP contribution in [0.1, 0.15) is 25.7 Å². The number of Topliss-reactive ketones (excluding diaryl/α,β-unsaturated/α-hetero) is 1. The van der Waals surface area contributed by atoms with Crippen molar-refractivity contribution in [2.24, 2.45) is 0 Å². The Hall–Kier alpha value is -1.06. The Balaban J connectivity index is 1.87. The van der Waals surface area contributed by atoms with Crippen LogP contribution >= 0.6 is 23.1 Å². The van der Waals surface area contributed by atoms with Crippen molar-refractivity contribution in [3.05, 3.63) is 57.3 Å². The topological polar surface area (TPSA) is 17.1 Å². The molecule has 1 heterocycles. The largest absolute Gasteiger partial charge is 0.293 e. The SMILES string of the molecule is Cc1cc(C(=O)CSCc2ccccc2)c(C)s1. The molecule has 1 aromatic carbocycles. The molecule has 0 aliphatic carbocycles. The minimum absolute atomic E-state index is 0.248. The van der Waals surface area contributed by atoms with Crippen LogP contribution in [-0.4, -0.2) is 11.5 Å². The highest BCUT2D eigenvalue weighted by atomic mass is 32.2. The lowest BCUT2D eigenvalue weighted by Gasteiger charge is -2.01. The molecule has 0 atom stereocenters. The highest BCUT2D eigenvalue weighted by molar-refractivity contribution is 7.99. The first-order valence-electron chi connectivity index (χ1n) is 5.88. The number of carbonyl (C=O) groups excluding carboxylic acids is 1. The molecule has 18 heavy (non-hydrogen) atoms. The first kappa shape index (κ1) is 13.4. The van der Waals surface area contributed by atoms with Crippen LogP contribution in [0.4, 0.5) is 0 Å². The van der Waals surface area contributed by atoms with Crippen LogP contribution in [0, 0.1) is 13.8 Å². The van der Waals surface area contributed by atoms with E-state index in [-0.39, 0.29) is 5.78 Å². The van der Waals surface area contributed by atoms with Crippen molar-refractivity contribution in [2.75, 3.05) is 5.75 Å². The molecule has 0 amide bonds. The summed E-state index contributed by atoms with van der Waals surface area (Å²) in [6, 6.07) is 12.3. The van der Waals surface area contributed by atoms with E-state index < -0.39 is 0 Å². The fraction of sp³-hybridized carbons (Fsp3) is 0.267. The van der Waals surface area contributed by atoms with E-state index in [9.17, 15) is 4.79 Å². The average Bonchev–Trinajstić information content (AvgIpc) is 2.70. The third kappa shape index (κ3) is 3.47. The van der Waals surface area contributed by atoms with E-state index in [2.05, 4.69) is 12.1 Å². The second-order valence-electron chi connectivity index (χ2n) is 4.23. The van der Waals surface area contributed by atoms with Crippen LogP contribution in [-0.2, 0) is 5.75 Å². The summed E-state index contributed by atoms with van der Waals surface area (Å²) in [5.74, 6) is 1.71. The number of carbonyl (C=O) groups is 1. The Morgan fingerprint density at radius 3 is 2.56 bits per heavy atom. The zero-order valence-electron chi connectivity index (χ0n) is 10.6. The molecule has 1 nitrogen and oxygen atoms in total. The highest BCUT2D eigenvalue weighted by Gasteiger charge is 2.11. The lowest BCUT2D eigenvalue weighted by molar-refractivity contribution is 0.102. The Morgan fingerprint density at radius 2 is 1.94 bits per heavy atom. The Bertz CT molecular complexity index is 529. The molecule has 0 spiro atoms. The molecule has 0 unspecified atom stereocenters. The van der Waals surface area contributed by atoms with Gasteiger partial charge in [0.25, 0.3) is 0 Å². The molecule has 0 saturated heterocycles. The van der Waals surface area contributed by atoms with E-state index in [1.165, 1.54) is 10.4 Å². The molecule has 0 fully saturated rings. The number of benzene rings is 1. The fourth-order valence-electron chi connectivity index (χ4n) is 1.82. The number of ketones is 1. The van der Waals surface area contributed by atoms with Crippen molar-refractivity contribution in [3.8, 4) is 0 Å². The van der Waals surface area contributed by atoms with Gasteiger partial charge in [0.15, 0.2) is 5.78 Å². The van der Waals surface area contributed by atoms with Crippen molar-refractivity contribution in [3.63, 3.8) is 0 Å². The summed E-state index contributed by atoms with van der Waals surface area (Å²) in [6.07, 6.45) is 0. The summed E-state index contributed by atoms with van der Waals surface area (Å²) < 4.78 is 0. The first-order valence-corrected chi connectivity index (χ1v) is 7.86. The third-order valence-corrected chi connectivity index (χ3v) is 4.66. The van der Waals surface area contributed by atoms with Gasteiger partial charge in [-0.15, -0.1) is 23.1 Å². The van der Waals surface area contributed by atoms with Gasteiger partial charge < -0.3 is 0 Å². The number of rotatable bonds is 5. The van der Waals surface area contributed by atoms with Gasteiger partial charge >= 0.3 is 0 Å². The van der Waals surface area contributed by atoms with Gasteiger partial charge in [-0.3, -0.25) is 4.79 Å². The van der Waals surface area contributed by atoms with Crippen molar-refractivity contribution in [1.82, 2.24) is 0 Å². The second kappa shape index (κ2) is 6.21. The molecule has 94 valence electrons. The van der Waals surface area contributed by atoms with Gasteiger partial charge in [-0.25, -0.2) is 0 Å². The van der Waals surface area contributed by atoms with Gasteiger partial charge in [0.1, 0.15) is 0 Å². The van der Waals surface area contributed by atoms with Gasteiger partial charge in [-0.05, 0) is 25.5 Å². The van der Waals surface area contributed by atoms with Crippen LogP contribution in [0.3, 0.4) is 0 Å². The molecule has 0 bridgehead atoms. The predicted molar refractivity (Wildman–Crippen MR) is 80.7 cm³/mol. The van der Waals surface area contributed by atoms with Crippen molar-refractivity contribution in [1.29, 1.82) is 0 Å². The smallest absolute Gasteiger partial charge is 0.173 e. The predicted octanol–water partition coefficient (Wildman–Crippen LogP) is 4.48. The number of hydrogen-bond acceptors (Lipinski definition) is 3. The molecule has 0 aliphatic heterocycles. The number of thioether (sulfide) groups is 1. The van der Waals surface area contributed by atoms with Crippen LogP contribution in [0.2, 0.25) is 0 Å². The minimum atomic E-state index is 0.248. The molecule has 3 heteroatoms. The van der Waals surface area contributed by atoms with E-state index in [0.29, 0.717) is 5.75 Å². The van der Waals surface area contributed by atoms with Gasteiger partial charge in [-0.2, -0.15) is 0 Å². The van der Waals surface area contributed by atoms with Gasteiger partial charge in [0.05, 0.1) is 5.75 Å². The van der Waals surface area contributed by atoms with E-state index in [1.54, 1.807) is 23.1 Å². The third-order valence-electron chi connectivity index (χ3n) is 2.69. The van der Waals surface area contributed by atoms with Gasteiger partial charge in [0.2, 0.25) is 0 Å². The Kier molecular flexibility index (Phi) is 4.61. The van der Waals surface area contributed by atoms with Crippen molar-refractivity contribution in [2.45, 2.75) is 19.6 Å². The molecule has 0 aliphatic rings. The lowest BCUT2D eigenvalue weighted by atomic mass is 10.2. The van der Waals surface area contributed by atoms with E-state index >= 15 is 0 Å². The first-order chi connectivity index (χ1) is 8.66. The molecular formula is C15H16OS2. The van der Waals surface area contributed by atoms with Crippen LogP contribution in [0.25, 0.3) is 0 Å². The Morgan fingerprint density at radius 1 is 1.22 bits per heavy atom. The molecular weight excluding hydrogens is 260 g/mol. The molecule has 2 aromatic rings. The minimum Gasteiger partial charge on any atom is -0.293 e. The lowest BCUT2D eigenvalue weighted by Crippen LogP contribution is -2.02. The number of aryl methyl sites for hydroxylation is 2. The number of hydrogen-bond donors (Lipinski definition) is 0. The zero-order chi connectivity index (χ0) is 13.0. The van der Waals surface area contributed by atoms with Gasteiger partial charge in [0, 0.05) is 21.1 Å². The van der Waals surface area contributed by atoms with Crippen LogP contribution < -0.4 is 0 Å². The maximum absolute atomic E-state index is 12.1. The maximum Gasteiger partial charge on any atom is 0.173 e. The molecule has 0 saturated carbocycles. The summed E-state index contributed by atoms with van der Waals surface area (Å²) in [7, 11) is 0. The van der Waals surface area contributed by atoms with E-state index in [1.807, 2.05) is 38.1 Å². The highest BCUT2D eigenvalue weighted by Crippen LogP contribution is 2.23. The van der Waals surface area contributed by atoms with Gasteiger partial charge in [-0.1, -0.05) is 30.3 Å². The quantitative estimate of drug-likeness (QED) is 0.749. The van der Waals surface area contributed by atoms with Crippen LogP contribution in [0.5, 0.6) is 0 Å². The summed E-state index contributed by atoms with van der Waals surface area (Å²) in [6.45, 7) is 4.07. The van der Waals surface area contributed by atoms with E-state index in [4.69, 9.17) is 0 Å². The summed E-state index contributed by atoms with van der Waals surface area (Å²) in [4.78, 5) is 14.4. The normalized spacial score (nSPS) is 10.6. The Labute approximate surface area is 116 Å². The second-order valence-corrected chi connectivity index (χ2v) is 6.67. The standard InChI is InChI=1S/C15H16OS2/c1-11-8-14(12(2)18-11)15(16)10-17-9-13-6-4-3-5-7-13/h3-8H,9-10H2,1-2H3. The fourth-order valence-corrected chi connectivity index (χ4v) is 3.63. The summed E-state index contributed by atoms with van der Waals surface area (Å²) in [5, 5.41) is 0. The maximum atomic E-state index is 12.1. The monoisotopic (exact) mass is 276 g/mol. The summed E-state index contributed by atoms with van der Waals surface area (Å²) in [5.41, 5.74) is 2.17. The zero-order valence-corrected chi connectivity index (χ0v) is 12.2. The molecule has 0 N–H and O–H groups in total. The number of thiophene rings is 1. The molecule has 0 radical (unpaired) electrons.